The van der Waals surface area contributed by atoms with Gasteiger partial charge in [0.25, 0.3) is 0 Å². The fourth-order valence-electron chi connectivity index (χ4n) is 4.30. The van der Waals surface area contributed by atoms with Crippen molar-refractivity contribution in [3.8, 4) is 22.9 Å². The van der Waals surface area contributed by atoms with Crippen LogP contribution in [-0.2, 0) is 16.1 Å². The van der Waals surface area contributed by atoms with Crippen LogP contribution < -0.4 is 4.74 Å². The summed E-state index contributed by atoms with van der Waals surface area (Å²) in [5.41, 5.74) is 3.14. The quantitative estimate of drug-likeness (QED) is 0.404. The minimum Gasteiger partial charge on any atom is -0.439 e. The van der Waals surface area contributed by atoms with Crippen LogP contribution in [0.4, 0.5) is 0 Å². The van der Waals surface area contributed by atoms with Gasteiger partial charge in [-0.25, -0.2) is 4.98 Å². The molecule has 1 atom stereocenters. The Bertz CT molecular complexity index is 1240. The molecule has 1 unspecified atom stereocenters. The molecule has 0 amide bonds. The first-order valence-corrected chi connectivity index (χ1v) is 11.3. The van der Waals surface area contributed by atoms with Gasteiger partial charge in [-0.3, -0.25) is 19.7 Å². The van der Waals surface area contributed by atoms with Crippen LogP contribution in [0, 0.1) is 0 Å². The molecule has 2 aromatic heterocycles. The molecule has 8 heteroatoms. The lowest BCUT2D eigenvalue weighted by Gasteiger charge is -2.36. The Labute approximate surface area is 198 Å². The van der Waals surface area contributed by atoms with Crippen LogP contribution in [0.3, 0.4) is 0 Å². The molecule has 8 nitrogen and oxygen atoms in total. The molecule has 3 heterocycles. The molecule has 0 spiro atoms. The Hall–Kier alpha value is -3.59. The van der Waals surface area contributed by atoms with Gasteiger partial charge in [-0.2, -0.15) is 5.10 Å². The lowest BCUT2D eigenvalue weighted by molar-refractivity contribution is -0.129. The number of aromatic amines is 1. The zero-order chi connectivity index (χ0) is 23.3. The van der Waals surface area contributed by atoms with Crippen LogP contribution in [0.15, 0.2) is 67.0 Å². The van der Waals surface area contributed by atoms with Crippen molar-refractivity contribution >= 4 is 17.1 Å². The van der Waals surface area contributed by atoms with Crippen LogP contribution in [0.2, 0.25) is 0 Å². The second kappa shape index (κ2) is 10.1. The lowest BCUT2D eigenvalue weighted by Crippen LogP contribution is -2.51. The van der Waals surface area contributed by atoms with Gasteiger partial charge in [-0.05, 0) is 46.7 Å². The third-order valence-electron chi connectivity index (χ3n) is 6.18. The molecule has 1 fully saturated rings. The molecule has 2 aromatic carbocycles. The van der Waals surface area contributed by atoms with Crippen molar-refractivity contribution in [1.82, 2.24) is 25.0 Å². The highest BCUT2D eigenvalue weighted by Gasteiger charge is 2.23. The number of benzene rings is 2. The number of methoxy groups -OCH3 is 1. The molecule has 34 heavy (non-hydrogen) atoms. The van der Waals surface area contributed by atoms with E-state index in [9.17, 15) is 4.79 Å². The average Bonchev–Trinajstić information content (AvgIpc) is 3.41. The predicted octanol–water partition coefficient (Wildman–Crippen LogP) is 3.71. The number of hydrogen-bond acceptors (Lipinski definition) is 7. The Kier molecular flexibility index (Phi) is 6.62. The van der Waals surface area contributed by atoms with Crippen molar-refractivity contribution in [2.24, 2.45) is 0 Å². The van der Waals surface area contributed by atoms with Crippen LogP contribution in [0.5, 0.6) is 11.6 Å². The molecular formula is C26H27N5O3. The van der Waals surface area contributed by atoms with Crippen LogP contribution in [0.25, 0.3) is 22.0 Å². The zero-order valence-corrected chi connectivity index (χ0v) is 19.1. The van der Waals surface area contributed by atoms with Crippen molar-refractivity contribution in [3.05, 3.63) is 72.6 Å². The van der Waals surface area contributed by atoms with Gasteiger partial charge in [0.05, 0.1) is 5.69 Å². The number of nitrogens with one attached hydrogen (secondary N) is 1. The monoisotopic (exact) mass is 457 g/mol. The largest absolute Gasteiger partial charge is 0.439 e. The van der Waals surface area contributed by atoms with E-state index in [1.165, 1.54) is 10.9 Å². The molecule has 1 aliphatic rings. The number of fused-ring (bicyclic) bond motifs is 1. The average molecular weight is 458 g/mol. The number of hydrogen-bond donors (Lipinski definition) is 1. The third kappa shape index (κ3) is 4.99. The summed E-state index contributed by atoms with van der Waals surface area (Å²) in [5, 5.41) is 9.19. The normalized spacial score (nSPS) is 15.9. The van der Waals surface area contributed by atoms with Gasteiger partial charge < -0.3 is 9.47 Å². The Morgan fingerprint density at radius 2 is 1.85 bits per heavy atom. The van der Waals surface area contributed by atoms with E-state index in [0.717, 1.165) is 61.4 Å². The van der Waals surface area contributed by atoms with Crippen molar-refractivity contribution < 1.29 is 14.3 Å². The number of H-pyrrole nitrogens is 1. The minimum absolute atomic E-state index is 0.441. The second-order valence-electron chi connectivity index (χ2n) is 8.38. The fourth-order valence-corrected chi connectivity index (χ4v) is 4.30. The molecule has 1 N–H and O–H groups in total. The number of nitrogens with zero attached hydrogens (tertiary/aromatic N) is 4. The summed E-state index contributed by atoms with van der Waals surface area (Å²) in [7, 11) is 1.58. The fraction of sp³-hybridized carbons (Fsp3) is 0.269. The molecule has 4 aromatic rings. The molecule has 0 radical (unpaired) electrons. The van der Waals surface area contributed by atoms with E-state index in [-0.39, 0.29) is 0 Å². The van der Waals surface area contributed by atoms with Gasteiger partial charge in [-0.1, -0.05) is 18.2 Å². The number of aromatic nitrogens is 3. The molecule has 1 aliphatic heterocycles. The predicted molar refractivity (Wildman–Crippen MR) is 130 cm³/mol. The lowest BCUT2D eigenvalue weighted by atomic mass is 10.1. The van der Waals surface area contributed by atoms with Crippen LogP contribution in [0.1, 0.15) is 5.56 Å². The maximum atomic E-state index is 11.1. The number of carbonyl (C=O) groups is 1. The first-order chi connectivity index (χ1) is 16.7. The third-order valence-corrected chi connectivity index (χ3v) is 6.18. The van der Waals surface area contributed by atoms with Crippen molar-refractivity contribution in [2.45, 2.75) is 12.8 Å². The maximum Gasteiger partial charge on any atom is 0.219 e. The van der Waals surface area contributed by atoms with Crippen molar-refractivity contribution in [1.29, 1.82) is 0 Å². The van der Waals surface area contributed by atoms with E-state index in [2.05, 4.69) is 49.2 Å². The SMILES string of the molecule is COC(C=O)N1CCN(Cc2ccc3cc(Oc4ccc(-c5ccn[nH]5)cn4)ccc3c2)CC1. The van der Waals surface area contributed by atoms with E-state index < -0.39 is 6.23 Å². The van der Waals surface area contributed by atoms with Crippen molar-refractivity contribution in [3.63, 3.8) is 0 Å². The summed E-state index contributed by atoms with van der Waals surface area (Å²) < 4.78 is 11.2. The zero-order valence-electron chi connectivity index (χ0n) is 19.1. The Balaban J connectivity index is 1.21. The smallest absolute Gasteiger partial charge is 0.219 e. The summed E-state index contributed by atoms with van der Waals surface area (Å²) in [6, 6.07) is 18.3. The number of carbonyl (C=O) groups excluding carboxylic acids is 1. The summed E-state index contributed by atoms with van der Waals surface area (Å²) in [4.78, 5) is 20.0. The van der Waals surface area contributed by atoms with Crippen molar-refractivity contribution in [2.75, 3.05) is 33.3 Å². The molecule has 1 saturated heterocycles. The number of aldehydes is 1. The number of ether oxygens (including phenoxy) is 2. The molecule has 0 bridgehead atoms. The standard InChI is InChI=1S/C26H27N5O3/c1-33-26(18-32)31-12-10-30(11-13-31)17-19-2-3-21-15-23(6-4-20(21)14-19)34-25-7-5-22(16-27-25)24-8-9-28-29-24/h2-9,14-16,18,26H,10-13,17H2,1H3,(H,28,29). The minimum atomic E-state index is -0.441. The van der Waals surface area contributed by atoms with Gasteiger partial charge >= 0.3 is 0 Å². The first kappa shape index (κ1) is 22.2. The Morgan fingerprint density at radius 1 is 1.03 bits per heavy atom. The van der Waals surface area contributed by atoms with Crippen LogP contribution >= 0.6 is 0 Å². The molecule has 5 rings (SSSR count). The number of piperazine rings is 1. The summed E-state index contributed by atoms with van der Waals surface area (Å²) in [5.74, 6) is 1.30. The van der Waals surface area contributed by atoms with Gasteiger partial charge in [-0.15, -0.1) is 0 Å². The summed E-state index contributed by atoms with van der Waals surface area (Å²) >= 11 is 0. The van der Waals surface area contributed by atoms with E-state index in [4.69, 9.17) is 9.47 Å². The van der Waals surface area contributed by atoms with Gasteiger partial charge in [0.2, 0.25) is 5.88 Å². The number of rotatable bonds is 8. The molecule has 0 saturated carbocycles. The number of pyridine rings is 1. The highest BCUT2D eigenvalue weighted by atomic mass is 16.5. The molecule has 174 valence electrons. The molecule has 0 aliphatic carbocycles. The van der Waals surface area contributed by atoms with E-state index in [0.29, 0.717) is 5.88 Å². The summed E-state index contributed by atoms with van der Waals surface area (Å²) in [6.45, 7) is 4.34. The topological polar surface area (TPSA) is 83.6 Å². The van der Waals surface area contributed by atoms with E-state index in [1.807, 2.05) is 30.3 Å². The second-order valence-corrected chi connectivity index (χ2v) is 8.38. The van der Waals surface area contributed by atoms with Crippen LogP contribution in [-0.4, -0.2) is 70.8 Å². The highest BCUT2D eigenvalue weighted by Crippen LogP contribution is 2.27. The highest BCUT2D eigenvalue weighted by molar-refractivity contribution is 5.84. The van der Waals surface area contributed by atoms with E-state index in [1.54, 1.807) is 19.5 Å². The summed E-state index contributed by atoms with van der Waals surface area (Å²) in [6.07, 6.45) is 3.91. The van der Waals surface area contributed by atoms with Gasteiger partial charge in [0, 0.05) is 63.9 Å². The van der Waals surface area contributed by atoms with Gasteiger partial charge in [0.1, 0.15) is 5.75 Å². The first-order valence-electron chi connectivity index (χ1n) is 11.3. The van der Waals surface area contributed by atoms with E-state index >= 15 is 0 Å². The maximum absolute atomic E-state index is 11.1. The molecular weight excluding hydrogens is 430 g/mol. The van der Waals surface area contributed by atoms with Gasteiger partial charge in [0.15, 0.2) is 12.5 Å². The Morgan fingerprint density at radius 3 is 2.56 bits per heavy atom.